The monoisotopic (exact) mass is 1290 g/mol. The molecular weight excluding hydrogens is 1230 g/mol. The summed E-state index contributed by atoms with van der Waals surface area (Å²) in [6, 6.07) is 80.0. The molecule has 1 aromatic heterocycles. The van der Waals surface area contributed by atoms with Crippen LogP contribution in [0.3, 0.4) is 0 Å². The number of carbonyl (C=O) groups is 3. The zero-order valence-electron chi connectivity index (χ0n) is 50.2. The molecule has 17 heteroatoms. The summed E-state index contributed by atoms with van der Waals surface area (Å²) < 4.78 is 0. The fourth-order valence-corrected chi connectivity index (χ4v) is 12.9. The molecule has 0 amide bonds. The Morgan fingerprint density at radius 1 is 0.468 bits per heavy atom. The normalized spacial score (nSPS) is 12.5. The molecule has 1 heterocycles. The molecule has 94 heavy (non-hydrogen) atoms. The van der Waals surface area contributed by atoms with Crippen molar-refractivity contribution in [2.75, 3.05) is 0 Å². The third kappa shape index (κ3) is 17.1. The van der Waals surface area contributed by atoms with Crippen LogP contribution in [-0.2, 0) is 26.8 Å². The van der Waals surface area contributed by atoms with Crippen molar-refractivity contribution in [3.05, 3.63) is 319 Å². The number of rotatable bonds is 17. The number of benzene rings is 9. The summed E-state index contributed by atoms with van der Waals surface area (Å²) in [4.78, 5) is 57.8. The second kappa shape index (κ2) is 31.8. The van der Waals surface area contributed by atoms with Crippen molar-refractivity contribution < 1.29 is 34.6 Å². The molecule has 0 saturated heterocycles. The SMILES string of the molecule is N#CC1=C(c2ccc(-c3ccccc3)cc2)C=C(SCc2ccc(B(O)O)cc2)CC1=O.N#CC1=C(c2ccc(-c3ccccc3)cc2)C=C(SCc2ccc(C(=O)O)cc2)CC1=O.N#Cc1c(-c2ccc(-c3cccc(O)c3)cc2)nc(SCc2ccccc2)[nH]c1=O. The largest absolute Gasteiger partial charge is 0.508 e. The summed E-state index contributed by atoms with van der Waals surface area (Å²) in [5.41, 5.74) is 13.9. The third-order valence-electron chi connectivity index (χ3n) is 15.1. The number of Topliss-reactive ketones (excluding diaryl/α,β-unsaturated/α-hetero) is 2. The van der Waals surface area contributed by atoms with Gasteiger partial charge >= 0.3 is 13.1 Å². The van der Waals surface area contributed by atoms with Crippen molar-refractivity contribution in [1.29, 1.82) is 15.8 Å². The number of phenolic OH excluding ortho intramolecular Hbond substituents is 1. The first-order valence-electron chi connectivity index (χ1n) is 29.5. The first-order valence-corrected chi connectivity index (χ1v) is 32.4. The van der Waals surface area contributed by atoms with Crippen LogP contribution in [0, 0.1) is 34.0 Å². The zero-order chi connectivity index (χ0) is 65.9. The molecule has 0 spiro atoms. The van der Waals surface area contributed by atoms with Crippen molar-refractivity contribution in [3.8, 4) is 68.6 Å². The number of aromatic hydroxyl groups is 1. The van der Waals surface area contributed by atoms with Gasteiger partial charge in [-0.15, -0.1) is 23.5 Å². The van der Waals surface area contributed by atoms with E-state index in [9.17, 15) is 50.1 Å². The maximum absolute atomic E-state index is 12.6. The second-order valence-electron chi connectivity index (χ2n) is 21.4. The number of nitrogens with one attached hydrogen (secondary N) is 1. The van der Waals surface area contributed by atoms with Crippen molar-refractivity contribution in [1.82, 2.24) is 9.97 Å². The maximum atomic E-state index is 12.6. The molecule has 0 radical (unpaired) electrons. The van der Waals surface area contributed by atoms with Gasteiger partial charge < -0.3 is 25.2 Å². The van der Waals surface area contributed by atoms with Gasteiger partial charge in [0.05, 0.1) is 11.3 Å². The number of aromatic amines is 1. The molecule has 5 N–H and O–H groups in total. The molecule has 13 nitrogen and oxygen atoms in total. The summed E-state index contributed by atoms with van der Waals surface area (Å²) in [5, 5.41) is 66.2. The van der Waals surface area contributed by atoms with Gasteiger partial charge in [0.1, 0.15) is 40.7 Å². The Hall–Kier alpha value is -11.1. The van der Waals surface area contributed by atoms with E-state index in [2.05, 4.69) is 22.1 Å². The Balaban J connectivity index is 0.000000154. The number of aromatic nitrogens is 2. The highest BCUT2D eigenvalue weighted by molar-refractivity contribution is 8.02. The minimum atomic E-state index is -1.49. The number of aromatic carboxylic acids is 1. The van der Waals surface area contributed by atoms with Crippen LogP contribution in [-0.4, -0.2) is 54.9 Å². The van der Waals surface area contributed by atoms with Crippen LogP contribution < -0.4 is 11.0 Å². The molecule has 2 aliphatic rings. The summed E-state index contributed by atoms with van der Waals surface area (Å²) in [5.74, 6) is 0.802. The van der Waals surface area contributed by atoms with Gasteiger partial charge in [-0.05, 0) is 113 Å². The molecule has 12 rings (SSSR count). The van der Waals surface area contributed by atoms with Gasteiger partial charge in [0.15, 0.2) is 16.7 Å². The average molecular weight is 1290 g/mol. The fourth-order valence-electron chi connectivity index (χ4n) is 10.1. The van der Waals surface area contributed by atoms with Crippen LogP contribution in [0.2, 0.25) is 0 Å². The minimum absolute atomic E-state index is 0.0100. The molecule has 10 aromatic rings. The van der Waals surface area contributed by atoms with Crippen LogP contribution in [0.25, 0.3) is 55.8 Å². The number of H-pyrrole nitrogens is 1. The van der Waals surface area contributed by atoms with E-state index in [4.69, 9.17) is 5.11 Å². The summed E-state index contributed by atoms with van der Waals surface area (Å²) >= 11 is 4.49. The van der Waals surface area contributed by atoms with E-state index in [0.29, 0.717) is 50.3 Å². The van der Waals surface area contributed by atoms with Crippen LogP contribution in [0.15, 0.2) is 280 Å². The van der Waals surface area contributed by atoms with E-state index in [1.54, 1.807) is 66.4 Å². The minimum Gasteiger partial charge on any atom is -0.508 e. The van der Waals surface area contributed by atoms with Gasteiger partial charge in [-0.1, -0.05) is 224 Å². The molecular formula is C77H56BN5O8S3. The smallest absolute Gasteiger partial charge is 0.488 e. The Morgan fingerprint density at radius 3 is 1.32 bits per heavy atom. The number of hydrogen-bond acceptors (Lipinski definition) is 14. The van der Waals surface area contributed by atoms with E-state index >= 15 is 0 Å². The first-order chi connectivity index (χ1) is 45.7. The molecule has 2 aliphatic carbocycles. The predicted molar refractivity (Wildman–Crippen MR) is 375 cm³/mol. The summed E-state index contributed by atoms with van der Waals surface area (Å²) in [6.07, 6.45) is 4.28. The van der Waals surface area contributed by atoms with E-state index in [-0.39, 0.29) is 52.4 Å². The number of carboxylic acid groups (broad SMARTS) is 1. The third-order valence-corrected chi connectivity index (χ3v) is 18.3. The maximum Gasteiger partial charge on any atom is 0.488 e. The highest BCUT2D eigenvalue weighted by atomic mass is 32.2. The number of phenols is 1. The first kappa shape index (κ1) is 65.9. The number of thioether (sulfide) groups is 3. The van der Waals surface area contributed by atoms with Crippen molar-refractivity contribution in [2.24, 2.45) is 0 Å². The number of hydrogen-bond donors (Lipinski definition) is 5. The van der Waals surface area contributed by atoms with Crippen LogP contribution >= 0.6 is 35.3 Å². The molecule has 9 aromatic carbocycles. The molecule has 0 fully saturated rings. The van der Waals surface area contributed by atoms with Crippen molar-refractivity contribution in [3.63, 3.8) is 0 Å². The number of allylic oxidation sites excluding steroid dienone is 8. The number of carbonyl (C=O) groups excluding carboxylic acids is 2. The van der Waals surface area contributed by atoms with Gasteiger partial charge in [0, 0.05) is 46.8 Å². The Labute approximate surface area is 556 Å². The lowest BCUT2D eigenvalue weighted by molar-refractivity contribution is -0.115. The molecule has 0 bridgehead atoms. The predicted octanol–water partition coefficient (Wildman–Crippen LogP) is 15.2. The number of nitriles is 3. The van der Waals surface area contributed by atoms with E-state index in [1.807, 2.05) is 200 Å². The van der Waals surface area contributed by atoms with E-state index in [1.165, 1.54) is 23.5 Å². The molecule has 458 valence electrons. The van der Waals surface area contributed by atoms with Gasteiger partial charge in [0.2, 0.25) is 0 Å². The topological polar surface area (TPSA) is 249 Å². The molecule has 0 atom stereocenters. The average Bonchev–Trinajstić information content (AvgIpc) is 0.934. The van der Waals surface area contributed by atoms with E-state index in [0.717, 1.165) is 71.0 Å². The Bertz CT molecular complexity index is 4730. The van der Waals surface area contributed by atoms with Gasteiger partial charge in [-0.25, -0.2) is 9.78 Å². The fraction of sp³-hybridized carbons (Fsp3) is 0.0649. The van der Waals surface area contributed by atoms with Crippen molar-refractivity contribution in [2.45, 2.75) is 35.3 Å². The number of carboxylic acids is 1. The van der Waals surface area contributed by atoms with Crippen LogP contribution in [0.5, 0.6) is 5.75 Å². The van der Waals surface area contributed by atoms with E-state index < -0.39 is 18.6 Å². The van der Waals surface area contributed by atoms with Gasteiger partial charge in [-0.2, -0.15) is 15.8 Å². The highest BCUT2D eigenvalue weighted by Crippen LogP contribution is 2.38. The Kier molecular flexibility index (Phi) is 22.3. The standard InChI is InChI=1S/C27H19NO3S.C26H20BNO3S.C24H17N3O2S/c28-16-25-24(21-12-10-20(11-13-21)19-4-2-1-3-5-19)14-23(15-26(25)29)32-17-18-6-8-22(9-7-18)27(30)31;28-16-25-24(21-10-8-20(9-11-21)19-4-2-1-3-5-19)14-23(15-26(25)29)32-17-18-6-12-22(13-7-18)27(30)31;25-14-21-22(18-11-9-17(10-12-18)19-7-4-8-20(28)13-19)26-24(27-23(21)29)30-15-16-5-2-1-3-6-16/h1-14H,15,17H2,(H,30,31);1-14,30-31H,15,17H2;1-13,28H,15H2,(H,26,27,29). The quantitative estimate of drug-likeness (QED) is 0.0323. The Morgan fingerprint density at radius 2 is 0.872 bits per heavy atom. The van der Waals surface area contributed by atoms with Gasteiger partial charge in [0.25, 0.3) is 5.56 Å². The lowest BCUT2D eigenvalue weighted by Crippen LogP contribution is -2.29. The van der Waals surface area contributed by atoms with Crippen LogP contribution in [0.1, 0.15) is 56.6 Å². The molecule has 0 aliphatic heterocycles. The summed E-state index contributed by atoms with van der Waals surface area (Å²) in [7, 11) is -1.49. The highest BCUT2D eigenvalue weighted by Gasteiger charge is 2.25. The van der Waals surface area contributed by atoms with Crippen LogP contribution in [0.4, 0.5) is 0 Å². The molecule has 0 unspecified atom stereocenters. The summed E-state index contributed by atoms with van der Waals surface area (Å²) in [6.45, 7) is 0. The number of nitrogens with zero attached hydrogens (tertiary/aromatic N) is 4. The second-order valence-corrected chi connectivity index (χ2v) is 24.6. The van der Waals surface area contributed by atoms with Gasteiger partial charge in [-0.3, -0.25) is 14.4 Å². The van der Waals surface area contributed by atoms with Crippen molar-refractivity contribution >= 4 is 76.5 Å². The number of ketones is 2. The molecule has 0 saturated carbocycles. The lowest BCUT2D eigenvalue weighted by Gasteiger charge is -2.16. The zero-order valence-corrected chi connectivity index (χ0v) is 52.7. The lowest BCUT2D eigenvalue weighted by atomic mass is 9.80.